The Labute approximate surface area is 118 Å². The van der Waals surface area contributed by atoms with Crippen molar-refractivity contribution in [3.8, 4) is 5.75 Å². The van der Waals surface area contributed by atoms with Crippen LogP contribution in [0.1, 0.15) is 5.56 Å². The normalized spacial score (nSPS) is 16.8. The summed E-state index contributed by atoms with van der Waals surface area (Å²) in [6.07, 6.45) is 0.234. The molecule has 0 spiro atoms. The summed E-state index contributed by atoms with van der Waals surface area (Å²) in [5.41, 5.74) is 1.09. The summed E-state index contributed by atoms with van der Waals surface area (Å²) in [6.45, 7) is 1.55. The van der Waals surface area contributed by atoms with E-state index in [4.69, 9.17) is 21.1 Å². The van der Waals surface area contributed by atoms with Crippen LogP contribution in [-0.2, 0) is 16.0 Å². The van der Waals surface area contributed by atoms with Gasteiger partial charge in [0.2, 0.25) is 0 Å². The molecular weight excluding hydrogens is 266 g/mol. The first-order chi connectivity index (χ1) is 9.22. The molecule has 2 rings (SSSR count). The van der Waals surface area contributed by atoms with Crippen molar-refractivity contribution in [1.82, 2.24) is 4.90 Å². The summed E-state index contributed by atoms with van der Waals surface area (Å²) >= 11 is 5.51. The topological polar surface area (TPSA) is 38.8 Å². The van der Waals surface area contributed by atoms with Gasteiger partial charge in [-0.15, -0.1) is 11.6 Å². The van der Waals surface area contributed by atoms with Gasteiger partial charge in [-0.25, -0.2) is 0 Å². The number of nitrogens with zero attached hydrogens (tertiary/aromatic N) is 1. The number of amides is 1. The average molecular weight is 284 g/mol. The number of carbonyl (C=O) groups is 1. The molecule has 19 heavy (non-hydrogen) atoms. The van der Waals surface area contributed by atoms with Crippen molar-refractivity contribution in [2.24, 2.45) is 0 Å². The van der Waals surface area contributed by atoms with E-state index in [-0.39, 0.29) is 5.91 Å². The van der Waals surface area contributed by atoms with Crippen LogP contribution in [0.25, 0.3) is 0 Å². The maximum Gasteiger partial charge on any atom is 0.263 e. The van der Waals surface area contributed by atoms with E-state index in [1.165, 1.54) is 0 Å². The molecule has 1 amide bonds. The highest BCUT2D eigenvalue weighted by Gasteiger charge is 2.30. The summed E-state index contributed by atoms with van der Waals surface area (Å²) in [7, 11) is 1.76. The van der Waals surface area contributed by atoms with Gasteiger partial charge in [-0.1, -0.05) is 18.2 Å². The van der Waals surface area contributed by atoms with Crippen molar-refractivity contribution in [3.63, 3.8) is 0 Å². The summed E-state index contributed by atoms with van der Waals surface area (Å²) in [5, 5.41) is 0. The summed E-state index contributed by atoms with van der Waals surface area (Å²) < 4.78 is 10.9. The predicted octanol–water partition coefficient (Wildman–Crippen LogP) is 1.70. The minimum atomic E-state index is -0.407. The van der Waals surface area contributed by atoms with Crippen LogP contribution >= 0.6 is 11.6 Å². The third-order valence-corrected chi connectivity index (χ3v) is 3.25. The highest BCUT2D eigenvalue weighted by atomic mass is 35.5. The second-order valence-corrected chi connectivity index (χ2v) is 4.86. The Morgan fingerprint density at radius 3 is 3.00 bits per heavy atom. The highest BCUT2D eigenvalue weighted by molar-refractivity contribution is 6.17. The summed E-state index contributed by atoms with van der Waals surface area (Å²) in [6, 6.07) is 7.76. The molecule has 0 bridgehead atoms. The average Bonchev–Trinajstić information content (AvgIpc) is 2.86. The van der Waals surface area contributed by atoms with E-state index in [1.807, 2.05) is 24.3 Å². The zero-order valence-electron chi connectivity index (χ0n) is 11.0. The number of para-hydroxylation sites is 1. The van der Waals surface area contributed by atoms with Crippen LogP contribution in [0.15, 0.2) is 24.3 Å². The molecule has 1 heterocycles. The van der Waals surface area contributed by atoms with E-state index < -0.39 is 6.10 Å². The standard InChI is InChI=1S/C14H18ClNO3/c1-16(7-9-18-8-6-15)14(17)13-10-11-4-2-3-5-12(11)19-13/h2-5,13H,6-10H2,1H3. The third-order valence-electron chi connectivity index (χ3n) is 3.09. The van der Waals surface area contributed by atoms with Crippen LogP contribution in [0, 0.1) is 0 Å². The van der Waals surface area contributed by atoms with Gasteiger partial charge in [0.15, 0.2) is 6.10 Å². The molecule has 0 aromatic heterocycles. The number of alkyl halides is 1. The SMILES string of the molecule is CN(CCOCCCl)C(=O)C1Cc2ccccc2O1. The van der Waals surface area contributed by atoms with Gasteiger partial charge in [0.05, 0.1) is 13.2 Å². The maximum atomic E-state index is 12.2. The number of benzene rings is 1. The Bertz CT molecular complexity index is 413. The second kappa shape index (κ2) is 6.78. The van der Waals surface area contributed by atoms with Crippen LogP contribution in [0.3, 0.4) is 0 Å². The van der Waals surface area contributed by atoms with Crippen LogP contribution in [-0.4, -0.2) is 49.6 Å². The molecule has 4 nitrogen and oxygen atoms in total. The van der Waals surface area contributed by atoms with E-state index in [1.54, 1.807) is 11.9 Å². The quantitative estimate of drug-likeness (QED) is 0.589. The van der Waals surface area contributed by atoms with Crippen molar-refractivity contribution in [1.29, 1.82) is 0 Å². The Morgan fingerprint density at radius 1 is 1.47 bits per heavy atom. The Morgan fingerprint density at radius 2 is 2.26 bits per heavy atom. The molecule has 1 aliphatic rings. The Kier molecular flexibility index (Phi) is 5.05. The van der Waals surface area contributed by atoms with E-state index in [0.717, 1.165) is 11.3 Å². The lowest BCUT2D eigenvalue weighted by Gasteiger charge is -2.20. The molecule has 0 fully saturated rings. The van der Waals surface area contributed by atoms with Gasteiger partial charge in [-0.05, 0) is 11.6 Å². The fraction of sp³-hybridized carbons (Fsp3) is 0.500. The van der Waals surface area contributed by atoms with E-state index in [0.29, 0.717) is 32.1 Å². The minimum absolute atomic E-state index is 0.00864. The molecule has 104 valence electrons. The number of likely N-dealkylation sites (N-methyl/N-ethyl adjacent to an activating group) is 1. The largest absolute Gasteiger partial charge is 0.480 e. The van der Waals surface area contributed by atoms with Crippen LogP contribution in [0.4, 0.5) is 0 Å². The lowest BCUT2D eigenvalue weighted by Crippen LogP contribution is -2.40. The van der Waals surface area contributed by atoms with E-state index in [9.17, 15) is 4.79 Å². The monoisotopic (exact) mass is 283 g/mol. The molecule has 0 saturated carbocycles. The highest BCUT2D eigenvalue weighted by Crippen LogP contribution is 2.28. The van der Waals surface area contributed by atoms with Gasteiger partial charge in [-0.2, -0.15) is 0 Å². The van der Waals surface area contributed by atoms with E-state index in [2.05, 4.69) is 0 Å². The molecule has 1 aromatic rings. The van der Waals surface area contributed by atoms with Crippen molar-refractivity contribution in [3.05, 3.63) is 29.8 Å². The van der Waals surface area contributed by atoms with Crippen molar-refractivity contribution in [2.45, 2.75) is 12.5 Å². The molecule has 0 aliphatic carbocycles. The first kappa shape index (κ1) is 14.2. The number of hydrogen-bond donors (Lipinski definition) is 0. The maximum absolute atomic E-state index is 12.2. The fourth-order valence-electron chi connectivity index (χ4n) is 2.03. The number of hydrogen-bond acceptors (Lipinski definition) is 3. The molecule has 0 N–H and O–H groups in total. The molecule has 1 aromatic carbocycles. The third kappa shape index (κ3) is 3.61. The van der Waals surface area contributed by atoms with Crippen LogP contribution < -0.4 is 4.74 Å². The fourth-order valence-corrected chi connectivity index (χ4v) is 2.14. The number of ether oxygens (including phenoxy) is 2. The van der Waals surface area contributed by atoms with Crippen LogP contribution in [0.2, 0.25) is 0 Å². The molecule has 1 atom stereocenters. The van der Waals surface area contributed by atoms with Gasteiger partial charge in [0.25, 0.3) is 5.91 Å². The molecule has 0 radical (unpaired) electrons. The number of fused-ring (bicyclic) bond motifs is 1. The van der Waals surface area contributed by atoms with Gasteiger partial charge >= 0.3 is 0 Å². The minimum Gasteiger partial charge on any atom is -0.480 e. The Balaban J connectivity index is 1.81. The van der Waals surface area contributed by atoms with Gasteiger partial charge in [0.1, 0.15) is 5.75 Å². The number of rotatable bonds is 6. The first-order valence-corrected chi connectivity index (χ1v) is 6.89. The molecular formula is C14H18ClNO3. The van der Waals surface area contributed by atoms with E-state index >= 15 is 0 Å². The molecule has 1 unspecified atom stereocenters. The summed E-state index contributed by atoms with van der Waals surface area (Å²) in [4.78, 5) is 13.8. The molecule has 0 saturated heterocycles. The second-order valence-electron chi connectivity index (χ2n) is 4.48. The first-order valence-electron chi connectivity index (χ1n) is 6.35. The lowest BCUT2D eigenvalue weighted by atomic mass is 10.1. The number of halogens is 1. The Hall–Kier alpha value is -1.26. The van der Waals surface area contributed by atoms with Crippen LogP contribution in [0.5, 0.6) is 5.75 Å². The molecule has 1 aliphatic heterocycles. The lowest BCUT2D eigenvalue weighted by molar-refractivity contribution is -0.137. The predicted molar refractivity (Wildman–Crippen MR) is 73.7 cm³/mol. The van der Waals surface area contributed by atoms with Crippen molar-refractivity contribution < 1.29 is 14.3 Å². The zero-order chi connectivity index (χ0) is 13.7. The number of carbonyl (C=O) groups excluding carboxylic acids is 1. The molecule has 5 heteroatoms. The zero-order valence-corrected chi connectivity index (χ0v) is 11.7. The van der Waals surface area contributed by atoms with Gasteiger partial charge in [0, 0.05) is 25.9 Å². The van der Waals surface area contributed by atoms with Gasteiger partial charge in [-0.3, -0.25) is 4.79 Å². The smallest absolute Gasteiger partial charge is 0.263 e. The van der Waals surface area contributed by atoms with Crippen molar-refractivity contribution >= 4 is 17.5 Å². The van der Waals surface area contributed by atoms with Crippen molar-refractivity contribution in [2.75, 3.05) is 32.7 Å². The summed E-state index contributed by atoms with van der Waals surface area (Å²) in [5.74, 6) is 1.27. The van der Waals surface area contributed by atoms with Gasteiger partial charge < -0.3 is 14.4 Å².